The molecular formula is C19H16N6O4S. The van der Waals surface area contributed by atoms with Crippen LogP contribution in [0.3, 0.4) is 0 Å². The minimum atomic E-state index is -3.72. The van der Waals surface area contributed by atoms with Crippen LogP contribution in [0.25, 0.3) is 5.69 Å². The van der Waals surface area contributed by atoms with E-state index in [1.807, 2.05) is 0 Å². The second-order valence-electron chi connectivity index (χ2n) is 6.18. The lowest BCUT2D eigenvalue weighted by Crippen LogP contribution is -2.23. The number of furan rings is 1. The fourth-order valence-corrected chi connectivity index (χ4v) is 3.62. The Morgan fingerprint density at radius 3 is 2.43 bits per heavy atom. The van der Waals surface area contributed by atoms with Gasteiger partial charge in [0.25, 0.3) is 5.91 Å². The molecule has 0 aliphatic carbocycles. The lowest BCUT2D eigenvalue weighted by atomic mass is 10.2. The van der Waals surface area contributed by atoms with Crippen molar-refractivity contribution in [1.82, 2.24) is 24.9 Å². The molecule has 4 aromatic rings. The number of carbonyl (C=O) groups is 1. The van der Waals surface area contributed by atoms with E-state index in [0.29, 0.717) is 17.0 Å². The number of sulfonamides is 1. The van der Waals surface area contributed by atoms with Gasteiger partial charge in [-0.3, -0.25) is 4.79 Å². The molecule has 0 fully saturated rings. The Bertz CT molecular complexity index is 1220. The van der Waals surface area contributed by atoms with Crippen LogP contribution in [0.4, 0.5) is 5.69 Å². The number of rotatable bonds is 7. The van der Waals surface area contributed by atoms with Gasteiger partial charge in [0.05, 0.1) is 23.4 Å². The number of carbonyl (C=O) groups excluding carboxylic acids is 1. The van der Waals surface area contributed by atoms with Gasteiger partial charge in [-0.2, -0.15) is 0 Å². The molecule has 0 aliphatic heterocycles. The minimum Gasteiger partial charge on any atom is -0.468 e. The fourth-order valence-electron chi connectivity index (χ4n) is 2.63. The molecule has 0 unspecified atom stereocenters. The first-order valence-electron chi connectivity index (χ1n) is 8.78. The smallest absolute Gasteiger partial charge is 0.255 e. The Morgan fingerprint density at radius 1 is 1.03 bits per heavy atom. The number of hydrogen-bond acceptors (Lipinski definition) is 7. The highest BCUT2D eigenvalue weighted by molar-refractivity contribution is 7.89. The van der Waals surface area contributed by atoms with Gasteiger partial charge in [-0.15, -0.1) is 5.10 Å². The molecule has 2 aromatic heterocycles. The van der Waals surface area contributed by atoms with Crippen LogP contribution in [0.5, 0.6) is 0 Å². The number of nitrogens with one attached hydrogen (secondary N) is 2. The summed E-state index contributed by atoms with van der Waals surface area (Å²) in [5.41, 5.74) is 1.65. The van der Waals surface area contributed by atoms with Crippen molar-refractivity contribution in [2.75, 3.05) is 5.32 Å². The average molecular weight is 424 g/mol. The lowest BCUT2D eigenvalue weighted by molar-refractivity contribution is 0.102. The van der Waals surface area contributed by atoms with Crippen LogP contribution in [0.2, 0.25) is 0 Å². The van der Waals surface area contributed by atoms with Crippen molar-refractivity contribution in [2.24, 2.45) is 0 Å². The largest absolute Gasteiger partial charge is 0.468 e. The van der Waals surface area contributed by atoms with Gasteiger partial charge in [-0.1, -0.05) is 0 Å². The molecule has 2 heterocycles. The summed E-state index contributed by atoms with van der Waals surface area (Å²) in [5.74, 6) is 0.137. The molecule has 0 saturated heterocycles. The molecule has 4 rings (SSSR count). The van der Waals surface area contributed by atoms with Crippen molar-refractivity contribution < 1.29 is 17.6 Å². The zero-order valence-electron chi connectivity index (χ0n) is 15.5. The number of tetrazole rings is 1. The van der Waals surface area contributed by atoms with Crippen LogP contribution < -0.4 is 10.0 Å². The molecule has 2 N–H and O–H groups in total. The van der Waals surface area contributed by atoms with Gasteiger partial charge in [0.15, 0.2) is 0 Å². The number of aromatic nitrogens is 4. The first-order chi connectivity index (χ1) is 14.5. The minimum absolute atomic E-state index is 0.0399. The van der Waals surface area contributed by atoms with E-state index < -0.39 is 10.0 Å². The first-order valence-corrected chi connectivity index (χ1v) is 10.3. The molecule has 1 amide bonds. The van der Waals surface area contributed by atoms with Crippen LogP contribution in [-0.4, -0.2) is 34.5 Å². The molecule has 0 atom stereocenters. The zero-order valence-corrected chi connectivity index (χ0v) is 16.3. The standard InChI is InChI=1S/C19H16N6O4S/c26-19(22-15-5-7-16(8-6-15)25-13-20-23-24-25)14-3-9-18(10-4-14)30(27,28)21-12-17-2-1-11-29-17/h1-11,13,21H,12H2,(H,22,26). The second kappa shape index (κ2) is 8.27. The Kier molecular flexibility index (Phi) is 5.37. The lowest BCUT2D eigenvalue weighted by Gasteiger charge is -2.08. The highest BCUT2D eigenvalue weighted by Gasteiger charge is 2.15. The van der Waals surface area contributed by atoms with Crippen molar-refractivity contribution in [3.8, 4) is 5.69 Å². The third-order valence-electron chi connectivity index (χ3n) is 4.18. The second-order valence-corrected chi connectivity index (χ2v) is 7.95. The summed E-state index contributed by atoms with van der Waals surface area (Å²) in [6.07, 6.45) is 2.93. The normalized spacial score (nSPS) is 11.3. The van der Waals surface area contributed by atoms with E-state index in [1.165, 1.54) is 41.5 Å². The molecule has 0 spiro atoms. The van der Waals surface area contributed by atoms with Crippen molar-refractivity contribution in [3.05, 3.63) is 84.6 Å². The van der Waals surface area contributed by atoms with E-state index in [2.05, 4.69) is 25.6 Å². The van der Waals surface area contributed by atoms with Crippen molar-refractivity contribution in [1.29, 1.82) is 0 Å². The Labute approximate surface area is 171 Å². The van der Waals surface area contributed by atoms with Crippen molar-refractivity contribution >= 4 is 21.6 Å². The Morgan fingerprint density at radius 2 is 1.80 bits per heavy atom. The Hall–Kier alpha value is -3.83. The van der Waals surface area contributed by atoms with Gasteiger partial charge in [0.2, 0.25) is 10.0 Å². The van der Waals surface area contributed by atoms with Gasteiger partial charge >= 0.3 is 0 Å². The average Bonchev–Trinajstić information content (AvgIpc) is 3.47. The van der Waals surface area contributed by atoms with Crippen LogP contribution >= 0.6 is 0 Å². The van der Waals surface area contributed by atoms with E-state index in [1.54, 1.807) is 36.4 Å². The SMILES string of the molecule is O=C(Nc1ccc(-n2cnnn2)cc1)c1ccc(S(=O)(=O)NCc2ccco2)cc1. The number of nitrogens with zero attached hydrogens (tertiary/aromatic N) is 4. The van der Waals surface area contributed by atoms with E-state index >= 15 is 0 Å². The van der Waals surface area contributed by atoms with Crippen LogP contribution in [0, 0.1) is 0 Å². The summed E-state index contributed by atoms with van der Waals surface area (Å²) in [4.78, 5) is 12.5. The fraction of sp³-hybridized carbons (Fsp3) is 0.0526. The molecule has 0 saturated carbocycles. The number of anilines is 1. The maximum absolute atomic E-state index is 12.4. The van der Waals surface area contributed by atoms with Crippen LogP contribution in [0.15, 0.2) is 82.6 Å². The third kappa shape index (κ3) is 4.42. The maximum atomic E-state index is 12.4. The summed E-state index contributed by atoms with van der Waals surface area (Å²) in [6.45, 7) is 0.0399. The highest BCUT2D eigenvalue weighted by atomic mass is 32.2. The summed E-state index contributed by atoms with van der Waals surface area (Å²) in [6, 6.07) is 15.9. The summed E-state index contributed by atoms with van der Waals surface area (Å²) in [5, 5.41) is 13.7. The van der Waals surface area contributed by atoms with Gasteiger partial charge in [0.1, 0.15) is 12.1 Å². The van der Waals surface area contributed by atoms with Gasteiger partial charge < -0.3 is 9.73 Å². The quantitative estimate of drug-likeness (QED) is 0.464. The molecule has 0 radical (unpaired) electrons. The molecule has 0 aliphatic rings. The predicted molar refractivity (Wildman–Crippen MR) is 106 cm³/mol. The number of benzene rings is 2. The van der Waals surface area contributed by atoms with Crippen LogP contribution in [0.1, 0.15) is 16.1 Å². The zero-order chi connectivity index (χ0) is 21.0. The summed E-state index contributed by atoms with van der Waals surface area (Å²) in [7, 11) is -3.72. The number of amides is 1. The topological polar surface area (TPSA) is 132 Å². The van der Waals surface area contributed by atoms with Gasteiger partial charge in [-0.05, 0) is 71.1 Å². The molecule has 10 nitrogen and oxygen atoms in total. The van der Waals surface area contributed by atoms with Gasteiger partial charge in [-0.25, -0.2) is 17.8 Å². The van der Waals surface area contributed by atoms with E-state index in [-0.39, 0.29) is 17.3 Å². The van der Waals surface area contributed by atoms with Gasteiger partial charge in [0, 0.05) is 11.3 Å². The van der Waals surface area contributed by atoms with E-state index in [4.69, 9.17) is 4.42 Å². The monoisotopic (exact) mass is 424 g/mol. The number of hydrogen-bond donors (Lipinski definition) is 2. The molecule has 2 aromatic carbocycles. The third-order valence-corrected chi connectivity index (χ3v) is 5.60. The Balaban J connectivity index is 1.40. The molecular weight excluding hydrogens is 408 g/mol. The molecule has 30 heavy (non-hydrogen) atoms. The first kappa shape index (κ1) is 19.5. The highest BCUT2D eigenvalue weighted by Crippen LogP contribution is 2.15. The summed E-state index contributed by atoms with van der Waals surface area (Å²) >= 11 is 0. The molecule has 152 valence electrons. The molecule has 0 bridgehead atoms. The van der Waals surface area contributed by atoms with Crippen molar-refractivity contribution in [3.63, 3.8) is 0 Å². The van der Waals surface area contributed by atoms with Crippen LogP contribution in [-0.2, 0) is 16.6 Å². The summed E-state index contributed by atoms with van der Waals surface area (Å²) < 4.78 is 33.8. The van der Waals surface area contributed by atoms with E-state index in [0.717, 1.165) is 5.69 Å². The van der Waals surface area contributed by atoms with E-state index in [9.17, 15) is 13.2 Å². The molecule has 11 heteroatoms. The maximum Gasteiger partial charge on any atom is 0.255 e. The van der Waals surface area contributed by atoms with Crippen molar-refractivity contribution in [2.45, 2.75) is 11.4 Å². The predicted octanol–water partition coefficient (Wildman–Crippen LogP) is 1.99.